The van der Waals surface area contributed by atoms with Gasteiger partial charge in [0, 0.05) is 20.2 Å². The van der Waals surface area contributed by atoms with E-state index in [-0.39, 0.29) is 18.5 Å². The first-order valence-corrected chi connectivity index (χ1v) is 14.9. The molecule has 0 aromatic heterocycles. The molecule has 9 heteroatoms. The van der Waals surface area contributed by atoms with Crippen LogP contribution in [0.25, 0.3) is 0 Å². The van der Waals surface area contributed by atoms with Gasteiger partial charge in [-0.05, 0) is 50.8 Å². The molecule has 0 bridgehead atoms. The van der Waals surface area contributed by atoms with Gasteiger partial charge >= 0.3 is 13.1 Å². The molecule has 1 saturated heterocycles. The van der Waals surface area contributed by atoms with E-state index in [4.69, 9.17) is 18.8 Å². The van der Waals surface area contributed by atoms with Crippen LogP contribution in [-0.2, 0) is 23.6 Å². The maximum atomic E-state index is 13.3. The first kappa shape index (κ1) is 25.0. The zero-order valence-corrected chi connectivity index (χ0v) is 21.6. The molecule has 3 rings (SSSR count). The Balaban J connectivity index is 1.83. The van der Waals surface area contributed by atoms with E-state index in [1.165, 1.54) is 7.11 Å². The van der Waals surface area contributed by atoms with E-state index < -0.39 is 32.4 Å². The van der Waals surface area contributed by atoms with E-state index in [1.807, 2.05) is 45.9 Å². The number of hydrogen-bond donors (Lipinski definition) is 0. The standard InChI is InChI=1S/C23H36BNO6Si/c1-22(2)23(3,4)31-24(30-22)16-9-10-17-18(13-16)21(27)25(14-20(26)28-5)19(17)15-29-11-12-32(6,7)8/h9-10,13,19H,11-12,14-15H2,1-8H3. The van der Waals surface area contributed by atoms with Gasteiger partial charge in [0.15, 0.2) is 0 Å². The summed E-state index contributed by atoms with van der Waals surface area (Å²) in [5.41, 5.74) is 1.26. The number of amides is 1. The Kier molecular flexibility index (Phi) is 6.96. The van der Waals surface area contributed by atoms with E-state index in [0.29, 0.717) is 18.8 Å². The molecule has 32 heavy (non-hydrogen) atoms. The minimum absolute atomic E-state index is 0.113. The molecule has 1 aromatic carbocycles. The van der Waals surface area contributed by atoms with Gasteiger partial charge in [-0.3, -0.25) is 9.59 Å². The van der Waals surface area contributed by atoms with Gasteiger partial charge in [0.25, 0.3) is 5.91 Å². The lowest BCUT2D eigenvalue weighted by molar-refractivity contribution is -0.142. The molecule has 0 saturated carbocycles. The molecular weight excluding hydrogens is 425 g/mol. The Labute approximate surface area is 192 Å². The molecule has 0 radical (unpaired) electrons. The molecule has 2 heterocycles. The Morgan fingerprint density at radius 3 is 2.34 bits per heavy atom. The SMILES string of the molecule is COC(=O)CN1C(=O)c2cc(B3OC(C)(C)C(C)(C)O3)ccc2C1COCC[Si](C)(C)C. The quantitative estimate of drug-likeness (QED) is 0.337. The Hall–Kier alpha value is -1.68. The molecule has 1 atom stereocenters. The average molecular weight is 461 g/mol. The number of fused-ring (bicyclic) bond motifs is 1. The number of hydrogen-bond acceptors (Lipinski definition) is 6. The summed E-state index contributed by atoms with van der Waals surface area (Å²) in [6.45, 7) is 15.8. The molecule has 1 amide bonds. The van der Waals surface area contributed by atoms with E-state index in [1.54, 1.807) is 4.90 Å². The maximum absolute atomic E-state index is 13.3. The van der Waals surface area contributed by atoms with Gasteiger partial charge < -0.3 is 23.7 Å². The predicted octanol–water partition coefficient (Wildman–Crippen LogP) is 3.01. The lowest BCUT2D eigenvalue weighted by Crippen LogP contribution is -2.41. The van der Waals surface area contributed by atoms with Crippen LogP contribution in [0.2, 0.25) is 25.7 Å². The molecule has 2 aliphatic heterocycles. The normalized spacial score (nSPS) is 21.8. The second kappa shape index (κ2) is 8.93. The van der Waals surface area contributed by atoms with Crippen molar-refractivity contribution in [3.05, 3.63) is 29.3 Å². The molecule has 2 aliphatic rings. The van der Waals surface area contributed by atoms with Crippen LogP contribution in [0.15, 0.2) is 18.2 Å². The first-order valence-electron chi connectivity index (χ1n) is 11.2. The summed E-state index contributed by atoms with van der Waals surface area (Å²) in [6.07, 6.45) is 0. The van der Waals surface area contributed by atoms with Crippen molar-refractivity contribution in [1.29, 1.82) is 0 Å². The molecule has 1 aromatic rings. The van der Waals surface area contributed by atoms with Crippen molar-refractivity contribution in [2.24, 2.45) is 0 Å². The second-order valence-corrected chi connectivity index (χ2v) is 16.5. The van der Waals surface area contributed by atoms with E-state index in [0.717, 1.165) is 17.1 Å². The van der Waals surface area contributed by atoms with Gasteiger partial charge in [0.05, 0.1) is 31.0 Å². The summed E-state index contributed by atoms with van der Waals surface area (Å²) < 4.78 is 23.1. The fourth-order valence-electron chi connectivity index (χ4n) is 3.78. The minimum atomic E-state index is -1.22. The highest BCUT2D eigenvalue weighted by Crippen LogP contribution is 2.38. The summed E-state index contributed by atoms with van der Waals surface area (Å²) in [7, 11) is -0.453. The summed E-state index contributed by atoms with van der Waals surface area (Å²) in [5, 5.41) is 0. The van der Waals surface area contributed by atoms with E-state index in [9.17, 15) is 9.59 Å². The van der Waals surface area contributed by atoms with Crippen molar-refractivity contribution in [3.63, 3.8) is 0 Å². The number of rotatable bonds is 8. The summed E-state index contributed by atoms with van der Waals surface area (Å²) >= 11 is 0. The van der Waals surface area contributed by atoms with Crippen LogP contribution in [0.5, 0.6) is 0 Å². The van der Waals surface area contributed by atoms with Crippen LogP contribution < -0.4 is 5.46 Å². The number of esters is 1. The van der Waals surface area contributed by atoms with Gasteiger partial charge in [-0.25, -0.2) is 0 Å². The number of carbonyl (C=O) groups is 2. The highest BCUT2D eigenvalue weighted by molar-refractivity contribution is 6.76. The van der Waals surface area contributed by atoms with Gasteiger partial charge in [-0.15, -0.1) is 0 Å². The maximum Gasteiger partial charge on any atom is 0.494 e. The first-order chi connectivity index (χ1) is 14.8. The molecule has 176 valence electrons. The molecule has 7 nitrogen and oxygen atoms in total. The van der Waals surface area contributed by atoms with Crippen molar-refractivity contribution < 1.29 is 28.4 Å². The van der Waals surface area contributed by atoms with Crippen molar-refractivity contribution >= 4 is 32.5 Å². The van der Waals surface area contributed by atoms with Crippen molar-refractivity contribution in [2.45, 2.75) is 70.6 Å². The third kappa shape index (κ3) is 5.11. The topological polar surface area (TPSA) is 74.3 Å². The molecule has 1 unspecified atom stereocenters. The van der Waals surface area contributed by atoms with E-state index >= 15 is 0 Å². The predicted molar refractivity (Wildman–Crippen MR) is 127 cm³/mol. The molecule has 0 aliphatic carbocycles. The Bertz CT molecular complexity index is 866. The molecule has 0 N–H and O–H groups in total. The van der Waals surface area contributed by atoms with E-state index in [2.05, 4.69) is 19.6 Å². The molecule has 1 fully saturated rings. The van der Waals surface area contributed by atoms with Crippen LogP contribution in [0, 0.1) is 0 Å². The smallest absolute Gasteiger partial charge is 0.468 e. The highest BCUT2D eigenvalue weighted by Gasteiger charge is 2.52. The van der Waals surface area contributed by atoms with Gasteiger partial charge in [0.2, 0.25) is 0 Å². The van der Waals surface area contributed by atoms with Crippen molar-refractivity contribution in [1.82, 2.24) is 4.90 Å². The fourth-order valence-corrected chi connectivity index (χ4v) is 4.53. The third-order valence-corrected chi connectivity index (χ3v) is 8.33. The van der Waals surface area contributed by atoms with Gasteiger partial charge in [0.1, 0.15) is 6.54 Å². The van der Waals surface area contributed by atoms with Crippen molar-refractivity contribution in [3.8, 4) is 0 Å². The summed E-state index contributed by atoms with van der Waals surface area (Å²) in [6, 6.07) is 6.40. The van der Waals surface area contributed by atoms with Crippen molar-refractivity contribution in [2.75, 3.05) is 26.9 Å². The Morgan fingerprint density at radius 2 is 1.78 bits per heavy atom. The van der Waals surface area contributed by atoms with Crippen LogP contribution in [0.3, 0.4) is 0 Å². The molecule has 0 spiro atoms. The molecular formula is C23H36BNO6Si. The summed E-state index contributed by atoms with van der Waals surface area (Å²) in [5.74, 6) is -0.660. The number of ether oxygens (including phenoxy) is 2. The fraction of sp³-hybridized carbons (Fsp3) is 0.652. The zero-order valence-electron chi connectivity index (χ0n) is 20.6. The lowest BCUT2D eigenvalue weighted by Gasteiger charge is -2.32. The number of nitrogens with zero attached hydrogens (tertiary/aromatic N) is 1. The number of carbonyl (C=O) groups excluding carboxylic acids is 2. The van der Waals surface area contributed by atoms with Gasteiger partial charge in [-0.1, -0.05) is 31.8 Å². The van der Waals surface area contributed by atoms with Gasteiger partial charge in [-0.2, -0.15) is 0 Å². The monoisotopic (exact) mass is 461 g/mol. The highest BCUT2D eigenvalue weighted by atomic mass is 28.3. The minimum Gasteiger partial charge on any atom is -0.468 e. The average Bonchev–Trinajstić information content (AvgIpc) is 3.07. The third-order valence-electron chi connectivity index (χ3n) is 6.63. The second-order valence-electron chi connectivity index (χ2n) is 10.8. The lowest BCUT2D eigenvalue weighted by atomic mass is 9.77. The number of benzene rings is 1. The largest absolute Gasteiger partial charge is 0.494 e. The van der Waals surface area contributed by atoms with Crippen LogP contribution >= 0.6 is 0 Å². The van der Waals surface area contributed by atoms with Crippen LogP contribution in [-0.4, -0.2) is 70.0 Å². The number of methoxy groups -OCH3 is 1. The van der Waals surface area contributed by atoms with Crippen LogP contribution in [0.1, 0.15) is 49.7 Å². The zero-order chi connectivity index (χ0) is 23.9. The Morgan fingerprint density at radius 1 is 1.16 bits per heavy atom. The van der Waals surface area contributed by atoms with Crippen LogP contribution in [0.4, 0.5) is 0 Å². The summed E-state index contributed by atoms with van der Waals surface area (Å²) in [4.78, 5) is 26.8.